The van der Waals surface area contributed by atoms with E-state index in [1.54, 1.807) is 13.0 Å². The Morgan fingerprint density at radius 2 is 1.50 bits per heavy atom. The van der Waals surface area contributed by atoms with Crippen LogP contribution in [-0.4, -0.2) is 67.8 Å². The lowest BCUT2D eigenvalue weighted by Gasteiger charge is -2.49. The molecular weight excluding hydrogens is 537 g/mol. The smallest absolute Gasteiger partial charge is 0.192 e. The van der Waals surface area contributed by atoms with Crippen LogP contribution in [-0.2, 0) is 13.6 Å². The third kappa shape index (κ3) is 3.99. The van der Waals surface area contributed by atoms with Gasteiger partial charge < -0.3 is 24.2 Å². The molecule has 2 saturated carbocycles. The van der Waals surface area contributed by atoms with Crippen LogP contribution in [0.25, 0.3) is 0 Å². The lowest BCUT2D eigenvalue weighted by atomic mass is 9.59. The van der Waals surface area contributed by atoms with Gasteiger partial charge in [-0.3, -0.25) is 4.79 Å². The second-order valence-corrected chi connectivity index (χ2v) is 26.7. The predicted octanol–water partition coefficient (Wildman–Crippen LogP) is 5.99. The van der Waals surface area contributed by atoms with Crippen LogP contribution in [0.15, 0.2) is 23.3 Å². The van der Waals surface area contributed by atoms with Crippen LogP contribution >= 0.6 is 0 Å². The van der Waals surface area contributed by atoms with E-state index < -0.39 is 51.4 Å². The molecule has 228 valence electrons. The molecule has 0 heterocycles. The quantitative estimate of drug-likeness (QED) is 0.268. The van der Waals surface area contributed by atoms with Crippen molar-refractivity contribution in [1.82, 2.24) is 0 Å². The number of rotatable bonds is 5. The third-order valence-electron chi connectivity index (χ3n) is 12.5. The molecule has 0 aromatic carbocycles. The molecule has 0 aromatic rings. The first-order valence-corrected chi connectivity index (χ1v) is 20.9. The van der Waals surface area contributed by atoms with Gasteiger partial charge in [0.1, 0.15) is 17.8 Å². The average molecular weight is 593 g/mol. The molecule has 8 heteroatoms. The summed E-state index contributed by atoms with van der Waals surface area (Å²) < 4.78 is 13.9. The van der Waals surface area contributed by atoms with E-state index in [0.29, 0.717) is 17.6 Å². The zero-order valence-electron chi connectivity index (χ0n) is 27.5. The van der Waals surface area contributed by atoms with Crippen LogP contribution in [0.3, 0.4) is 0 Å². The summed E-state index contributed by atoms with van der Waals surface area (Å²) in [6.07, 6.45) is 1.46. The molecule has 4 rings (SSSR count). The molecule has 40 heavy (non-hydrogen) atoms. The molecule has 1 spiro atoms. The highest BCUT2D eigenvalue weighted by molar-refractivity contribution is 6.74. The maximum Gasteiger partial charge on any atom is 0.192 e. The van der Waals surface area contributed by atoms with Crippen LogP contribution in [0, 0.1) is 28.6 Å². The van der Waals surface area contributed by atoms with Crippen molar-refractivity contribution >= 4 is 22.4 Å². The maximum atomic E-state index is 14.9. The number of Topliss-reactive ketones (excluding diaryl/α,β-unsaturated/α-hetero) is 1. The molecule has 8 atom stereocenters. The highest BCUT2D eigenvalue weighted by Crippen LogP contribution is 2.76. The molecule has 0 unspecified atom stereocenters. The van der Waals surface area contributed by atoms with Gasteiger partial charge in [0.15, 0.2) is 22.4 Å². The normalized spacial score (nSPS) is 41.4. The molecular formula is C32H56O6Si2. The van der Waals surface area contributed by atoms with Crippen molar-refractivity contribution in [3.8, 4) is 0 Å². The lowest BCUT2D eigenvalue weighted by molar-refractivity contribution is -0.190. The van der Waals surface area contributed by atoms with Gasteiger partial charge in [-0.05, 0) is 72.1 Å². The minimum atomic E-state index is -2.24. The summed E-state index contributed by atoms with van der Waals surface area (Å²) in [6.45, 7) is 30.3. The Bertz CT molecular complexity index is 1140. The highest BCUT2D eigenvalue weighted by atomic mass is 28.4. The minimum Gasteiger partial charge on any atom is -0.413 e. The highest BCUT2D eigenvalue weighted by Gasteiger charge is 2.82. The number of ketones is 1. The zero-order valence-corrected chi connectivity index (χ0v) is 29.5. The first-order valence-electron chi connectivity index (χ1n) is 15.1. The second kappa shape index (κ2) is 8.96. The molecule has 0 aliphatic heterocycles. The predicted molar refractivity (Wildman–Crippen MR) is 165 cm³/mol. The summed E-state index contributed by atoms with van der Waals surface area (Å²) in [5.74, 6) is -1.15. The van der Waals surface area contributed by atoms with Crippen LogP contribution in [0.5, 0.6) is 0 Å². The molecule has 4 aliphatic rings. The fourth-order valence-electron chi connectivity index (χ4n) is 7.81. The number of carbonyl (C=O) groups is 1. The number of aliphatic hydroxyl groups is 3. The fourth-order valence-corrected chi connectivity index (χ4v) is 10.5. The van der Waals surface area contributed by atoms with E-state index in [1.807, 2.05) is 13.0 Å². The Morgan fingerprint density at radius 1 is 0.975 bits per heavy atom. The molecule has 0 amide bonds. The van der Waals surface area contributed by atoms with E-state index in [1.165, 1.54) is 0 Å². The van der Waals surface area contributed by atoms with Gasteiger partial charge >= 0.3 is 0 Å². The molecule has 6 nitrogen and oxygen atoms in total. The molecule has 2 bridgehead atoms. The summed E-state index contributed by atoms with van der Waals surface area (Å²) in [5, 5.41) is 35.9. The van der Waals surface area contributed by atoms with Crippen LogP contribution in [0.4, 0.5) is 0 Å². The summed E-state index contributed by atoms with van der Waals surface area (Å²) >= 11 is 0. The van der Waals surface area contributed by atoms with Gasteiger partial charge in [0, 0.05) is 11.8 Å². The monoisotopic (exact) mass is 592 g/mol. The van der Waals surface area contributed by atoms with Gasteiger partial charge in [-0.1, -0.05) is 74.5 Å². The van der Waals surface area contributed by atoms with E-state index in [0.717, 1.165) is 0 Å². The Labute approximate surface area is 244 Å². The van der Waals surface area contributed by atoms with Crippen molar-refractivity contribution < 1.29 is 29.0 Å². The third-order valence-corrected chi connectivity index (χ3v) is 21.5. The van der Waals surface area contributed by atoms with E-state index in [4.69, 9.17) is 8.85 Å². The van der Waals surface area contributed by atoms with Gasteiger partial charge in [-0.15, -0.1) is 0 Å². The SMILES string of the molecule is CC1=C[C@]23C(=O)[C@@H](C=C(CO[Si](C)(C)C(C)(C)C)[C@@H](O)[C@]2(O)[C@H]1O)[C@@H]1C(C)(C)[C@]1(O[Si](C)(C)C(C)(C)C)C[C@H]3C. The minimum absolute atomic E-state index is 0.0102. The topological polar surface area (TPSA) is 96.2 Å². The van der Waals surface area contributed by atoms with Gasteiger partial charge in [0.05, 0.1) is 17.6 Å². The Kier molecular flexibility index (Phi) is 7.23. The molecule has 3 N–H and O–H groups in total. The molecule has 0 radical (unpaired) electrons. The van der Waals surface area contributed by atoms with Crippen molar-refractivity contribution in [2.45, 2.75) is 135 Å². The van der Waals surface area contributed by atoms with E-state index in [2.05, 4.69) is 81.6 Å². The van der Waals surface area contributed by atoms with Gasteiger partial charge in [-0.2, -0.15) is 0 Å². The Hall–Kier alpha value is -0.616. The van der Waals surface area contributed by atoms with Crippen LogP contribution < -0.4 is 0 Å². The number of allylic oxidation sites excluding steroid dienone is 1. The molecule has 2 fully saturated rings. The van der Waals surface area contributed by atoms with Gasteiger partial charge in [0.25, 0.3) is 0 Å². The average Bonchev–Trinajstić information content (AvgIpc) is 3.18. The summed E-state index contributed by atoms with van der Waals surface area (Å²) in [5.41, 5.74) is -3.30. The first-order chi connectivity index (χ1) is 17.8. The summed E-state index contributed by atoms with van der Waals surface area (Å²) in [6, 6.07) is 0. The van der Waals surface area contributed by atoms with E-state index in [-0.39, 0.29) is 39.7 Å². The Balaban J connectivity index is 1.92. The van der Waals surface area contributed by atoms with Crippen molar-refractivity contribution in [2.75, 3.05) is 6.61 Å². The van der Waals surface area contributed by atoms with Crippen LogP contribution in [0.2, 0.25) is 36.3 Å². The fraction of sp³-hybridized carbons (Fsp3) is 0.844. The number of fused-ring (bicyclic) bond motifs is 3. The maximum absolute atomic E-state index is 14.9. The number of hydrogen-bond donors (Lipinski definition) is 3. The summed E-state index contributed by atoms with van der Waals surface area (Å²) in [4.78, 5) is 14.9. The van der Waals surface area contributed by atoms with Crippen LogP contribution in [0.1, 0.15) is 75.7 Å². The zero-order chi connectivity index (χ0) is 30.9. The van der Waals surface area contributed by atoms with Gasteiger partial charge in [-0.25, -0.2) is 0 Å². The number of aliphatic hydroxyl groups excluding tert-OH is 2. The van der Waals surface area contributed by atoms with E-state index in [9.17, 15) is 20.1 Å². The van der Waals surface area contributed by atoms with E-state index >= 15 is 0 Å². The molecule has 0 aromatic heterocycles. The van der Waals surface area contributed by atoms with Crippen molar-refractivity contribution in [3.05, 3.63) is 23.3 Å². The van der Waals surface area contributed by atoms with Crippen molar-refractivity contribution in [1.29, 1.82) is 0 Å². The van der Waals surface area contributed by atoms with Crippen molar-refractivity contribution in [2.24, 2.45) is 28.6 Å². The number of carbonyl (C=O) groups excluding carboxylic acids is 1. The second-order valence-electron chi connectivity index (χ2n) is 17.1. The van der Waals surface area contributed by atoms with Crippen molar-refractivity contribution in [3.63, 3.8) is 0 Å². The first kappa shape index (κ1) is 32.3. The molecule has 4 aliphatic carbocycles. The Morgan fingerprint density at radius 3 is 2.00 bits per heavy atom. The largest absolute Gasteiger partial charge is 0.413 e. The standard InChI is InChI=1S/C32H56O6Si2/c1-19-16-30-20(2)17-31(38-40(13,14)28(6,7)8)23(29(31,9)10)22(26(30)35)15-21(25(34)32(30,36)24(19)33)18-37-39(11,12)27(3,4)5/h15-16,20,22-25,33-34,36H,17-18H2,1-14H3/t20-,22+,23-,24+,25-,30+,31+,32-/m1/s1. The number of hydrogen-bond acceptors (Lipinski definition) is 6. The molecule has 0 saturated heterocycles. The van der Waals surface area contributed by atoms with Gasteiger partial charge in [0.2, 0.25) is 0 Å². The summed E-state index contributed by atoms with van der Waals surface area (Å²) in [7, 11) is -4.46. The lowest BCUT2D eigenvalue weighted by Crippen LogP contribution is -2.65.